The average Bonchev–Trinajstić information content (AvgIpc) is 3.35. The van der Waals surface area contributed by atoms with E-state index < -0.39 is 11.9 Å². The van der Waals surface area contributed by atoms with E-state index in [1.165, 1.54) is 0 Å². The Bertz CT molecular complexity index is 582. The molecule has 2 atom stereocenters. The highest BCUT2D eigenvalue weighted by molar-refractivity contribution is 5.86. The number of ether oxygens (including phenoxy) is 1. The number of carboxylic acid groups (broad SMARTS) is 1. The zero-order valence-corrected chi connectivity index (χ0v) is 12.7. The number of para-hydroxylation sites is 1. The van der Waals surface area contributed by atoms with Crippen molar-refractivity contribution in [3.8, 4) is 5.75 Å². The fourth-order valence-electron chi connectivity index (χ4n) is 2.98. The molecule has 22 heavy (non-hydrogen) atoms. The van der Waals surface area contributed by atoms with Crippen LogP contribution in [0.3, 0.4) is 0 Å². The quantitative estimate of drug-likeness (QED) is 0.906. The number of amides is 1. The Kier molecular flexibility index (Phi) is 4.05. The molecule has 0 spiro atoms. The molecule has 1 N–H and O–H groups in total. The Labute approximate surface area is 129 Å². The highest BCUT2D eigenvalue weighted by atomic mass is 16.5. The molecule has 1 fully saturated rings. The summed E-state index contributed by atoms with van der Waals surface area (Å²) in [6.07, 6.45) is 2.60. The maximum absolute atomic E-state index is 13.0. The van der Waals surface area contributed by atoms with Gasteiger partial charge in [-0.05, 0) is 25.3 Å². The second-order valence-corrected chi connectivity index (χ2v) is 6.19. The van der Waals surface area contributed by atoms with Gasteiger partial charge in [-0.25, -0.2) is 0 Å². The molecule has 2 aliphatic rings. The van der Waals surface area contributed by atoms with E-state index in [0.717, 1.165) is 24.2 Å². The lowest BCUT2D eigenvalue weighted by Crippen LogP contribution is -2.42. The summed E-state index contributed by atoms with van der Waals surface area (Å²) in [5, 5.41) is 9.13. The van der Waals surface area contributed by atoms with E-state index in [0.29, 0.717) is 19.6 Å². The number of benzene rings is 1. The van der Waals surface area contributed by atoms with Crippen molar-refractivity contribution in [1.82, 2.24) is 4.90 Å². The summed E-state index contributed by atoms with van der Waals surface area (Å²) in [7, 11) is 0. The second-order valence-electron chi connectivity index (χ2n) is 6.19. The fourth-order valence-corrected chi connectivity index (χ4v) is 2.98. The van der Waals surface area contributed by atoms with E-state index in [4.69, 9.17) is 9.84 Å². The lowest BCUT2D eigenvalue weighted by atomic mass is 9.91. The Morgan fingerprint density at radius 1 is 1.32 bits per heavy atom. The van der Waals surface area contributed by atoms with Crippen molar-refractivity contribution in [2.24, 2.45) is 5.92 Å². The van der Waals surface area contributed by atoms with Crippen LogP contribution in [0.25, 0.3) is 0 Å². The van der Waals surface area contributed by atoms with E-state index in [9.17, 15) is 9.59 Å². The number of carboxylic acids is 1. The SMILES string of the molecule is C[C@H](CN(C(=O)[C@@H]1CCOc2ccccc21)C1CC1)C(=O)O. The van der Waals surface area contributed by atoms with Gasteiger partial charge in [0, 0.05) is 18.2 Å². The molecule has 1 aromatic rings. The number of rotatable bonds is 5. The molecule has 0 unspecified atom stereocenters. The van der Waals surface area contributed by atoms with Crippen LogP contribution in [0, 0.1) is 5.92 Å². The Balaban J connectivity index is 1.81. The normalized spacial score (nSPS) is 21.4. The van der Waals surface area contributed by atoms with E-state index in [1.54, 1.807) is 11.8 Å². The number of hydrogen-bond donors (Lipinski definition) is 1. The lowest BCUT2D eigenvalue weighted by Gasteiger charge is -2.32. The van der Waals surface area contributed by atoms with Gasteiger partial charge < -0.3 is 14.7 Å². The molecule has 1 aliphatic carbocycles. The zero-order chi connectivity index (χ0) is 15.7. The number of nitrogens with zero attached hydrogens (tertiary/aromatic N) is 1. The summed E-state index contributed by atoms with van der Waals surface area (Å²) in [6.45, 7) is 2.47. The van der Waals surface area contributed by atoms with Crippen LogP contribution in [-0.4, -0.2) is 41.1 Å². The van der Waals surface area contributed by atoms with Crippen LogP contribution in [0.2, 0.25) is 0 Å². The van der Waals surface area contributed by atoms with Crippen molar-refractivity contribution in [3.05, 3.63) is 29.8 Å². The number of carbonyl (C=O) groups excluding carboxylic acids is 1. The molecule has 1 saturated carbocycles. The molecule has 118 valence electrons. The predicted molar refractivity (Wildman–Crippen MR) is 80.8 cm³/mol. The summed E-state index contributed by atoms with van der Waals surface area (Å²) >= 11 is 0. The Hall–Kier alpha value is -2.04. The topological polar surface area (TPSA) is 66.8 Å². The second kappa shape index (κ2) is 5.99. The van der Waals surface area contributed by atoms with Crippen LogP contribution in [-0.2, 0) is 9.59 Å². The third-order valence-corrected chi connectivity index (χ3v) is 4.42. The summed E-state index contributed by atoms with van der Waals surface area (Å²) in [5.74, 6) is -0.794. The monoisotopic (exact) mass is 303 g/mol. The van der Waals surface area contributed by atoms with Crippen LogP contribution < -0.4 is 4.74 Å². The van der Waals surface area contributed by atoms with Gasteiger partial charge in [0.2, 0.25) is 5.91 Å². The van der Waals surface area contributed by atoms with Crippen molar-refractivity contribution >= 4 is 11.9 Å². The molecule has 5 nitrogen and oxygen atoms in total. The van der Waals surface area contributed by atoms with Gasteiger partial charge in [-0.15, -0.1) is 0 Å². The van der Waals surface area contributed by atoms with Crippen LogP contribution in [0.1, 0.15) is 37.7 Å². The Morgan fingerprint density at radius 3 is 2.73 bits per heavy atom. The minimum atomic E-state index is -0.856. The van der Waals surface area contributed by atoms with E-state index in [1.807, 2.05) is 24.3 Å². The molecule has 0 saturated heterocycles. The van der Waals surface area contributed by atoms with Gasteiger partial charge in [-0.1, -0.05) is 25.1 Å². The molecule has 0 bridgehead atoms. The molecule has 5 heteroatoms. The summed E-state index contributed by atoms with van der Waals surface area (Å²) in [6, 6.07) is 7.84. The molecule has 1 aromatic carbocycles. The van der Waals surface area contributed by atoms with Crippen molar-refractivity contribution in [1.29, 1.82) is 0 Å². The fraction of sp³-hybridized carbons (Fsp3) is 0.529. The predicted octanol–water partition coefficient (Wildman–Crippen LogP) is 2.26. The van der Waals surface area contributed by atoms with Gasteiger partial charge in [-0.3, -0.25) is 9.59 Å². The smallest absolute Gasteiger partial charge is 0.308 e. The molecule has 0 radical (unpaired) electrons. The van der Waals surface area contributed by atoms with Gasteiger partial charge in [0.25, 0.3) is 0 Å². The van der Waals surface area contributed by atoms with Crippen molar-refractivity contribution < 1.29 is 19.4 Å². The summed E-state index contributed by atoms with van der Waals surface area (Å²) < 4.78 is 5.61. The largest absolute Gasteiger partial charge is 0.493 e. The van der Waals surface area contributed by atoms with Crippen LogP contribution in [0.15, 0.2) is 24.3 Å². The molecule has 1 amide bonds. The lowest BCUT2D eigenvalue weighted by molar-refractivity contribution is -0.143. The van der Waals surface area contributed by atoms with E-state index >= 15 is 0 Å². The third-order valence-electron chi connectivity index (χ3n) is 4.42. The molecule has 3 rings (SSSR count). The maximum Gasteiger partial charge on any atom is 0.308 e. The third kappa shape index (κ3) is 2.93. The highest BCUT2D eigenvalue weighted by Crippen LogP contribution is 2.37. The van der Waals surface area contributed by atoms with Gasteiger partial charge in [0.15, 0.2) is 0 Å². The molecule has 1 heterocycles. The van der Waals surface area contributed by atoms with Gasteiger partial charge in [-0.2, -0.15) is 0 Å². The number of aliphatic carboxylic acids is 1. The first-order valence-corrected chi connectivity index (χ1v) is 7.83. The standard InChI is InChI=1S/C17H21NO4/c1-11(17(20)21)10-18(12-6-7-12)16(19)14-8-9-22-15-5-3-2-4-13(14)15/h2-5,11-12,14H,6-10H2,1H3,(H,20,21)/t11-,14-/m1/s1. The first kappa shape index (κ1) is 14.9. The molecular weight excluding hydrogens is 282 g/mol. The highest BCUT2D eigenvalue weighted by Gasteiger charge is 2.39. The van der Waals surface area contributed by atoms with Gasteiger partial charge in [0.1, 0.15) is 5.75 Å². The number of carbonyl (C=O) groups is 2. The van der Waals surface area contributed by atoms with E-state index in [2.05, 4.69) is 0 Å². The first-order valence-electron chi connectivity index (χ1n) is 7.83. The number of hydrogen-bond acceptors (Lipinski definition) is 3. The van der Waals surface area contributed by atoms with Crippen LogP contribution in [0.5, 0.6) is 5.75 Å². The van der Waals surface area contributed by atoms with Gasteiger partial charge >= 0.3 is 5.97 Å². The van der Waals surface area contributed by atoms with Crippen LogP contribution in [0.4, 0.5) is 0 Å². The Morgan fingerprint density at radius 2 is 2.05 bits per heavy atom. The minimum absolute atomic E-state index is 0.0475. The number of fused-ring (bicyclic) bond motifs is 1. The minimum Gasteiger partial charge on any atom is -0.493 e. The first-order chi connectivity index (χ1) is 10.6. The van der Waals surface area contributed by atoms with Gasteiger partial charge in [0.05, 0.1) is 18.4 Å². The van der Waals surface area contributed by atoms with Crippen molar-refractivity contribution in [2.45, 2.75) is 38.1 Å². The zero-order valence-electron chi connectivity index (χ0n) is 12.7. The maximum atomic E-state index is 13.0. The van der Waals surface area contributed by atoms with E-state index in [-0.39, 0.29) is 17.9 Å². The van der Waals surface area contributed by atoms with Crippen LogP contribution >= 0.6 is 0 Å². The van der Waals surface area contributed by atoms with Crippen molar-refractivity contribution in [2.75, 3.05) is 13.2 Å². The van der Waals surface area contributed by atoms with Crippen molar-refractivity contribution in [3.63, 3.8) is 0 Å². The average molecular weight is 303 g/mol. The molecule has 0 aromatic heterocycles. The molecular formula is C17H21NO4. The summed E-state index contributed by atoms with van der Waals surface area (Å²) in [5.41, 5.74) is 0.923. The summed E-state index contributed by atoms with van der Waals surface area (Å²) in [4.78, 5) is 25.9. The molecule has 1 aliphatic heterocycles.